The van der Waals surface area contributed by atoms with Crippen molar-refractivity contribution >= 4 is 5.91 Å². The van der Waals surface area contributed by atoms with E-state index in [2.05, 4.69) is 5.32 Å². The number of hydrogen-bond acceptors (Lipinski definition) is 4. The third-order valence-corrected chi connectivity index (χ3v) is 2.83. The van der Waals surface area contributed by atoms with E-state index < -0.39 is 0 Å². The van der Waals surface area contributed by atoms with Gasteiger partial charge in [-0.3, -0.25) is 4.79 Å². The Balaban J connectivity index is 2.45. The summed E-state index contributed by atoms with van der Waals surface area (Å²) < 4.78 is 10.3. The van der Waals surface area contributed by atoms with Gasteiger partial charge in [-0.25, -0.2) is 0 Å². The van der Waals surface area contributed by atoms with Gasteiger partial charge in [-0.2, -0.15) is 0 Å². The Morgan fingerprint density at radius 2 is 1.95 bits per heavy atom. The molecule has 1 amide bonds. The summed E-state index contributed by atoms with van der Waals surface area (Å²) in [6.45, 7) is 3.17. The van der Waals surface area contributed by atoms with Crippen molar-refractivity contribution in [2.24, 2.45) is 0 Å². The maximum atomic E-state index is 12.1. The van der Waals surface area contributed by atoms with E-state index in [0.29, 0.717) is 39.5 Å². The average molecular weight is 280 g/mol. The van der Waals surface area contributed by atoms with Crippen molar-refractivity contribution in [3.05, 3.63) is 35.9 Å². The summed E-state index contributed by atoms with van der Waals surface area (Å²) in [6.07, 6.45) is 0. The van der Waals surface area contributed by atoms with Crippen molar-refractivity contribution < 1.29 is 14.3 Å². The number of ether oxygens (including phenoxy) is 2. The zero-order valence-corrected chi connectivity index (χ0v) is 12.3. The molecule has 0 heterocycles. The molecule has 0 atom stereocenters. The van der Waals surface area contributed by atoms with E-state index in [1.807, 2.05) is 30.3 Å². The highest BCUT2D eigenvalue weighted by molar-refractivity contribution is 5.78. The van der Waals surface area contributed by atoms with Crippen LogP contribution in [-0.2, 0) is 20.8 Å². The lowest BCUT2D eigenvalue weighted by Crippen LogP contribution is -2.38. The summed E-state index contributed by atoms with van der Waals surface area (Å²) in [4.78, 5) is 13.9. The van der Waals surface area contributed by atoms with Crippen LogP contribution < -0.4 is 5.32 Å². The molecule has 20 heavy (non-hydrogen) atoms. The van der Waals surface area contributed by atoms with E-state index in [9.17, 15) is 4.79 Å². The second-order valence-corrected chi connectivity index (χ2v) is 4.44. The highest BCUT2D eigenvalue weighted by Crippen LogP contribution is 2.04. The van der Waals surface area contributed by atoms with Gasteiger partial charge in [0.25, 0.3) is 0 Å². The third-order valence-electron chi connectivity index (χ3n) is 2.83. The minimum absolute atomic E-state index is 0.0756. The van der Waals surface area contributed by atoms with Gasteiger partial charge in [0.2, 0.25) is 5.91 Å². The lowest BCUT2D eigenvalue weighted by atomic mass is 10.2. The molecule has 1 aromatic carbocycles. The molecule has 5 heteroatoms. The number of hydrogen-bond donors (Lipinski definition) is 1. The van der Waals surface area contributed by atoms with Crippen LogP contribution in [-0.4, -0.2) is 57.9 Å². The fourth-order valence-corrected chi connectivity index (χ4v) is 1.78. The molecule has 0 radical (unpaired) electrons. The maximum absolute atomic E-state index is 12.1. The summed E-state index contributed by atoms with van der Waals surface area (Å²) in [7, 11) is 3.41. The molecule has 0 fully saturated rings. The Labute approximate surface area is 120 Å². The molecule has 5 nitrogen and oxygen atoms in total. The fraction of sp³-hybridized carbons (Fsp3) is 0.533. The highest BCUT2D eigenvalue weighted by atomic mass is 16.5. The smallest absolute Gasteiger partial charge is 0.236 e. The normalized spacial score (nSPS) is 10.5. The third kappa shape index (κ3) is 6.65. The van der Waals surface area contributed by atoms with Crippen molar-refractivity contribution in [1.29, 1.82) is 0 Å². The van der Waals surface area contributed by atoms with Crippen molar-refractivity contribution in [2.45, 2.75) is 6.54 Å². The van der Waals surface area contributed by atoms with Gasteiger partial charge < -0.3 is 19.7 Å². The van der Waals surface area contributed by atoms with Crippen LogP contribution in [0.5, 0.6) is 0 Å². The Kier molecular flexibility index (Phi) is 8.62. The zero-order valence-electron chi connectivity index (χ0n) is 12.3. The first kappa shape index (κ1) is 16.6. The number of nitrogens with zero attached hydrogens (tertiary/aromatic N) is 1. The zero-order chi connectivity index (χ0) is 14.6. The first-order chi connectivity index (χ1) is 9.77. The predicted octanol–water partition coefficient (Wildman–Crippen LogP) is 0.898. The predicted molar refractivity (Wildman–Crippen MR) is 78.5 cm³/mol. The molecular formula is C15H24N2O3. The standard InChI is InChI=1S/C15H24N2O3/c1-16-12-15(18)17(8-9-20-11-10-19-2)13-14-6-4-3-5-7-14/h3-7,16H,8-13H2,1-2H3. The van der Waals surface area contributed by atoms with Crippen LogP contribution in [0.4, 0.5) is 0 Å². The number of methoxy groups -OCH3 is 1. The van der Waals surface area contributed by atoms with E-state index in [4.69, 9.17) is 9.47 Å². The number of carbonyl (C=O) groups is 1. The second-order valence-electron chi connectivity index (χ2n) is 4.44. The topological polar surface area (TPSA) is 50.8 Å². The SMILES string of the molecule is CNCC(=O)N(CCOCCOC)Cc1ccccc1. The van der Waals surface area contributed by atoms with Crippen molar-refractivity contribution in [3.63, 3.8) is 0 Å². The van der Waals surface area contributed by atoms with Gasteiger partial charge in [-0.1, -0.05) is 30.3 Å². The van der Waals surface area contributed by atoms with E-state index in [1.54, 1.807) is 19.1 Å². The molecular weight excluding hydrogens is 256 g/mol. The van der Waals surface area contributed by atoms with Crippen LogP contribution in [0, 0.1) is 0 Å². The number of carbonyl (C=O) groups excluding carboxylic acids is 1. The lowest BCUT2D eigenvalue weighted by molar-refractivity contribution is -0.131. The summed E-state index contributed by atoms with van der Waals surface area (Å²) in [5.74, 6) is 0.0756. The quantitative estimate of drug-likeness (QED) is 0.647. The van der Waals surface area contributed by atoms with Gasteiger partial charge in [-0.05, 0) is 12.6 Å². The molecule has 0 bridgehead atoms. The Morgan fingerprint density at radius 1 is 1.20 bits per heavy atom. The maximum Gasteiger partial charge on any atom is 0.236 e. The van der Waals surface area contributed by atoms with Gasteiger partial charge in [0.1, 0.15) is 0 Å². The molecule has 1 N–H and O–H groups in total. The van der Waals surface area contributed by atoms with Gasteiger partial charge in [0.05, 0.1) is 26.4 Å². The second kappa shape index (κ2) is 10.4. The Morgan fingerprint density at radius 3 is 2.60 bits per heavy atom. The Bertz CT molecular complexity index is 371. The molecule has 0 unspecified atom stereocenters. The van der Waals surface area contributed by atoms with Crippen LogP contribution in [0.15, 0.2) is 30.3 Å². The molecule has 1 rings (SSSR count). The summed E-state index contributed by atoms with van der Waals surface area (Å²) in [6, 6.07) is 9.96. The Hall–Kier alpha value is -1.43. The molecule has 0 spiro atoms. The molecule has 112 valence electrons. The molecule has 0 aliphatic rings. The van der Waals surface area contributed by atoms with E-state index in [0.717, 1.165) is 5.56 Å². The number of benzene rings is 1. The molecule has 1 aromatic rings. The van der Waals surface area contributed by atoms with Crippen LogP contribution in [0.2, 0.25) is 0 Å². The van der Waals surface area contributed by atoms with Crippen LogP contribution in [0.1, 0.15) is 5.56 Å². The van der Waals surface area contributed by atoms with Crippen molar-refractivity contribution in [2.75, 3.05) is 47.1 Å². The van der Waals surface area contributed by atoms with E-state index in [-0.39, 0.29) is 5.91 Å². The van der Waals surface area contributed by atoms with E-state index >= 15 is 0 Å². The summed E-state index contributed by atoms with van der Waals surface area (Å²) in [5.41, 5.74) is 1.12. The van der Waals surface area contributed by atoms with Crippen LogP contribution in [0.25, 0.3) is 0 Å². The van der Waals surface area contributed by atoms with E-state index in [1.165, 1.54) is 0 Å². The van der Waals surface area contributed by atoms with Crippen molar-refractivity contribution in [1.82, 2.24) is 10.2 Å². The lowest BCUT2D eigenvalue weighted by Gasteiger charge is -2.22. The van der Waals surface area contributed by atoms with Crippen molar-refractivity contribution in [3.8, 4) is 0 Å². The molecule has 0 aromatic heterocycles. The largest absolute Gasteiger partial charge is 0.382 e. The number of nitrogens with one attached hydrogen (secondary N) is 1. The van der Waals surface area contributed by atoms with Crippen LogP contribution >= 0.6 is 0 Å². The summed E-state index contributed by atoms with van der Waals surface area (Å²) in [5, 5.41) is 2.89. The number of amides is 1. The fourth-order valence-electron chi connectivity index (χ4n) is 1.78. The monoisotopic (exact) mass is 280 g/mol. The van der Waals surface area contributed by atoms with Gasteiger partial charge in [0.15, 0.2) is 0 Å². The molecule has 0 aliphatic carbocycles. The average Bonchev–Trinajstić information content (AvgIpc) is 2.47. The minimum Gasteiger partial charge on any atom is -0.382 e. The number of rotatable bonds is 10. The van der Waals surface area contributed by atoms with Crippen LogP contribution in [0.3, 0.4) is 0 Å². The summed E-state index contributed by atoms with van der Waals surface area (Å²) >= 11 is 0. The van der Waals surface area contributed by atoms with Gasteiger partial charge >= 0.3 is 0 Å². The van der Waals surface area contributed by atoms with Gasteiger partial charge in [0, 0.05) is 20.2 Å². The minimum atomic E-state index is 0.0756. The number of likely N-dealkylation sites (N-methyl/N-ethyl adjacent to an activating group) is 1. The molecule has 0 saturated carbocycles. The highest BCUT2D eigenvalue weighted by Gasteiger charge is 2.12. The van der Waals surface area contributed by atoms with Gasteiger partial charge in [-0.15, -0.1) is 0 Å². The molecule has 0 aliphatic heterocycles. The first-order valence-corrected chi connectivity index (χ1v) is 6.81. The molecule has 0 saturated heterocycles. The first-order valence-electron chi connectivity index (χ1n) is 6.81.